The quantitative estimate of drug-likeness (QED) is 0.353. The lowest BCUT2D eigenvalue weighted by Gasteiger charge is -2.07. The number of thioether (sulfide) groups is 1. The normalized spacial score (nSPS) is 10.5. The van der Waals surface area contributed by atoms with Gasteiger partial charge in [0.15, 0.2) is 5.82 Å². The van der Waals surface area contributed by atoms with E-state index < -0.39 is 0 Å². The molecule has 20 heavy (non-hydrogen) atoms. The Hall–Kier alpha value is -1.63. The second-order valence-electron chi connectivity index (χ2n) is 4.06. The van der Waals surface area contributed by atoms with Gasteiger partial charge in [0.1, 0.15) is 17.5 Å². The molecule has 2 rings (SSSR count). The summed E-state index contributed by atoms with van der Waals surface area (Å²) in [7, 11) is 0. The Morgan fingerprint density at radius 1 is 1.25 bits per heavy atom. The zero-order valence-electron chi connectivity index (χ0n) is 11.4. The number of nitrogens with two attached hydrogens (primary N) is 1. The Kier molecular flexibility index (Phi) is 5.79. The highest BCUT2D eigenvalue weighted by atomic mass is 32.2. The number of ether oxygens (including phenoxy) is 1. The molecule has 2 aromatic rings. The maximum Gasteiger partial charge on any atom is 0.157 e. The molecule has 0 atom stereocenters. The third-order valence-electron chi connectivity index (χ3n) is 2.56. The van der Waals surface area contributed by atoms with Gasteiger partial charge in [0.2, 0.25) is 0 Å². The second-order valence-corrected chi connectivity index (χ2v) is 5.06. The van der Waals surface area contributed by atoms with Crippen LogP contribution >= 0.6 is 11.8 Å². The summed E-state index contributed by atoms with van der Waals surface area (Å²) in [6.07, 6.45) is 0. The Bertz CT molecular complexity index is 536. The van der Waals surface area contributed by atoms with E-state index in [9.17, 15) is 0 Å². The van der Waals surface area contributed by atoms with Crippen LogP contribution in [0.15, 0.2) is 41.4 Å². The first-order valence-electron chi connectivity index (χ1n) is 6.41. The van der Waals surface area contributed by atoms with E-state index in [-0.39, 0.29) is 0 Å². The smallest absolute Gasteiger partial charge is 0.157 e. The minimum Gasteiger partial charge on any atom is -0.374 e. The van der Waals surface area contributed by atoms with Crippen LogP contribution in [0.2, 0.25) is 0 Å². The van der Waals surface area contributed by atoms with E-state index in [1.807, 2.05) is 31.2 Å². The number of hydrogen-bond donors (Lipinski definition) is 2. The van der Waals surface area contributed by atoms with Crippen molar-refractivity contribution in [3.05, 3.63) is 47.8 Å². The van der Waals surface area contributed by atoms with Crippen LogP contribution in [0.1, 0.15) is 18.3 Å². The Morgan fingerprint density at radius 3 is 2.75 bits per heavy atom. The highest BCUT2D eigenvalue weighted by Gasteiger charge is 2.05. The molecular weight excluding hydrogens is 272 g/mol. The molecule has 0 fully saturated rings. The van der Waals surface area contributed by atoms with Crippen molar-refractivity contribution in [3.63, 3.8) is 0 Å². The fourth-order valence-electron chi connectivity index (χ4n) is 1.61. The lowest BCUT2D eigenvalue weighted by Crippen LogP contribution is -2.11. The average Bonchev–Trinajstić information content (AvgIpc) is 2.51. The van der Waals surface area contributed by atoms with Crippen molar-refractivity contribution in [2.24, 2.45) is 5.84 Å². The van der Waals surface area contributed by atoms with E-state index in [2.05, 4.69) is 27.5 Å². The van der Waals surface area contributed by atoms with Crippen LogP contribution in [0.5, 0.6) is 0 Å². The topological polar surface area (TPSA) is 73.1 Å². The van der Waals surface area contributed by atoms with Gasteiger partial charge in [0, 0.05) is 18.4 Å². The zero-order valence-corrected chi connectivity index (χ0v) is 12.2. The zero-order chi connectivity index (χ0) is 14.2. The van der Waals surface area contributed by atoms with Crippen molar-refractivity contribution in [1.82, 2.24) is 9.97 Å². The number of anilines is 1. The lowest BCUT2D eigenvalue weighted by atomic mass is 10.2. The summed E-state index contributed by atoms with van der Waals surface area (Å²) < 4.78 is 5.33. The second kappa shape index (κ2) is 7.84. The molecule has 0 aliphatic heterocycles. The molecule has 0 radical (unpaired) electrons. The molecule has 0 aliphatic carbocycles. The number of hydrogen-bond acceptors (Lipinski definition) is 6. The highest BCUT2D eigenvalue weighted by Crippen LogP contribution is 2.22. The summed E-state index contributed by atoms with van der Waals surface area (Å²) in [6, 6.07) is 12.1. The van der Waals surface area contributed by atoms with Crippen LogP contribution in [0, 0.1) is 0 Å². The fraction of sp³-hybridized carbons (Fsp3) is 0.286. The van der Waals surface area contributed by atoms with Gasteiger partial charge >= 0.3 is 0 Å². The Morgan fingerprint density at radius 2 is 2.05 bits per heavy atom. The summed E-state index contributed by atoms with van der Waals surface area (Å²) in [5, 5.41) is 0.881. The van der Waals surface area contributed by atoms with Crippen LogP contribution in [0.3, 0.4) is 0 Å². The monoisotopic (exact) mass is 290 g/mol. The van der Waals surface area contributed by atoms with Gasteiger partial charge in [0.25, 0.3) is 0 Å². The minimum absolute atomic E-state index is 0.394. The summed E-state index contributed by atoms with van der Waals surface area (Å²) >= 11 is 1.65. The van der Waals surface area contributed by atoms with Gasteiger partial charge in [-0.3, -0.25) is 0 Å². The van der Waals surface area contributed by atoms with Gasteiger partial charge < -0.3 is 10.2 Å². The molecule has 3 N–H and O–H groups in total. The highest BCUT2D eigenvalue weighted by molar-refractivity contribution is 7.98. The molecule has 0 unspecified atom stereocenters. The number of rotatable bonds is 7. The number of aromatic nitrogens is 2. The van der Waals surface area contributed by atoms with Gasteiger partial charge in [-0.15, -0.1) is 11.8 Å². The molecule has 0 bridgehead atoms. The summed E-state index contributed by atoms with van der Waals surface area (Å²) in [4.78, 5) is 8.72. The SMILES string of the molecule is CCOCc1nc(NN)cc(SCc2ccccc2)n1. The van der Waals surface area contributed by atoms with Gasteiger partial charge in [-0.05, 0) is 12.5 Å². The third kappa shape index (κ3) is 4.48. The van der Waals surface area contributed by atoms with Gasteiger partial charge in [-0.25, -0.2) is 15.8 Å². The molecule has 1 heterocycles. The molecule has 1 aromatic carbocycles. The van der Waals surface area contributed by atoms with Crippen molar-refractivity contribution in [3.8, 4) is 0 Å². The van der Waals surface area contributed by atoms with E-state index in [1.165, 1.54) is 5.56 Å². The molecule has 0 saturated heterocycles. The maximum atomic E-state index is 5.43. The first-order valence-corrected chi connectivity index (χ1v) is 7.39. The number of nitrogen functional groups attached to an aromatic ring is 1. The van der Waals surface area contributed by atoms with E-state index in [0.29, 0.717) is 24.9 Å². The predicted octanol–water partition coefficient (Wildman–Crippen LogP) is 2.59. The summed E-state index contributed by atoms with van der Waals surface area (Å²) in [5.74, 6) is 7.53. The Labute approximate surface area is 122 Å². The number of hydrazine groups is 1. The third-order valence-corrected chi connectivity index (χ3v) is 3.54. The summed E-state index contributed by atoms with van der Waals surface area (Å²) in [5.41, 5.74) is 3.82. The minimum atomic E-state index is 0.394. The number of nitrogens with zero attached hydrogens (tertiary/aromatic N) is 2. The molecule has 0 aliphatic rings. The van der Waals surface area contributed by atoms with Crippen LogP contribution in [0.4, 0.5) is 5.82 Å². The summed E-state index contributed by atoms with van der Waals surface area (Å²) in [6.45, 7) is 2.97. The molecule has 0 amide bonds. The molecule has 106 valence electrons. The van der Waals surface area contributed by atoms with E-state index in [1.54, 1.807) is 11.8 Å². The first kappa shape index (κ1) is 14.8. The molecule has 0 saturated carbocycles. The van der Waals surface area contributed by atoms with Crippen molar-refractivity contribution in [2.45, 2.75) is 24.3 Å². The van der Waals surface area contributed by atoms with Crippen LogP contribution in [0.25, 0.3) is 0 Å². The number of benzene rings is 1. The van der Waals surface area contributed by atoms with Crippen LogP contribution in [-0.2, 0) is 17.1 Å². The molecular formula is C14H18N4OS. The fourth-order valence-corrected chi connectivity index (χ4v) is 2.48. The average molecular weight is 290 g/mol. The maximum absolute atomic E-state index is 5.43. The van der Waals surface area contributed by atoms with Crippen LogP contribution < -0.4 is 11.3 Å². The predicted molar refractivity (Wildman–Crippen MR) is 81.2 cm³/mol. The number of nitrogens with one attached hydrogen (secondary N) is 1. The van der Waals surface area contributed by atoms with Gasteiger partial charge in [0.05, 0.1) is 0 Å². The standard InChI is InChI=1S/C14H18N4OS/c1-2-19-9-13-16-12(18-15)8-14(17-13)20-10-11-6-4-3-5-7-11/h3-8H,2,9-10,15H2,1H3,(H,16,17,18). The molecule has 1 aromatic heterocycles. The van der Waals surface area contributed by atoms with E-state index in [4.69, 9.17) is 10.6 Å². The van der Waals surface area contributed by atoms with Crippen molar-refractivity contribution in [1.29, 1.82) is 0 Å². The van der Waals surface area contributed by atoms with Crippen molar-refractivity contribution >= 4 is 17.6 Å². The van der Waals surface area contributed by atoms with Crippen LogP contribution in [-0.4, -0.2) is 16.6 Å². The van der Waals surface area contributed by atoms with Crippen molar-refractivity contribution in [2.75, 3.05) is 12.0 Å². The Balaban J connectivity index is 2.06. The van der Waals surface area contributed by atoms with Gasteiger partial charge in [-0.2, -0.15) is 0 Å². The molecule has 0 spiro atoms. The molecule has 5 nitrogen and oxygen atoms in total. The first-order chi connectivity index (χ1) is 9.81. The van der Waals surface area contributed by atoms with E-state index >= 15 is 0 Å². The van der Waals surface area contributed by atoms with Gasteiger partial charge in [-0.1, -0.05) is 30.3 Å². The largest absolute Gasteiger partial charge is 0.374 e. The van der Waals surface area contributed by atoms with E-state index in [0.717, 1.165) is 10.8 Å². The van der Waals surface area contributed by atoms with Crippen molar-refractivity contribution < 1.29 is 4.74 Å². The lowest BCUT2D eigenvalue weighted by molar-refractivity contribution is 0.128. The molecule has 6 heteroatoms.